The number of fused-ring (bicyclic) bond motifs is 2. The molecule has 2 aliphatic rings. The Kier molecular flexibility index (Phi) is 4.11. The van der Waals surface area contributed by atoms with Gasteiger partial charge in [-0.3, -0.25) is 0 Å². The third-order valence-corrected chi connectivity index (χ3v) is 4.33. The van der Waals surface area contributed by atoms with E-state index in [4.69, 9.17) is 0 Å². The molecule has 1 aromatic carbocycles. The molecule has 0 saturated carbocycles. The van der Waals surface area contributed by atoms with E-state index in [0.717, 1.165) is 24.4 Å². The van der Waals surface area contributed by atoms with Crippen molar-refractivity contribution in [3.05, 3.63) is 35.4 Å². The minimum Gasteiger partial charge on any atom is -0.311 e. The first-order chi connectivity index (χ1) is 7.85. The lowest BCUT2D eigenvalue weighted by molar-refractivity contribution is 0.363. The summed E-state index contributed by atoms with van der Waals surface area (Å²) in [5.41, 5.74) is 3.02. The van der Waals surface area contributed by atoms with Gasteiger partial charge in [0, 0.05) is 12.1 Å². The molecule has 3 rings (SSSR count). The van der Waals surface area contributed by atoms with Crippen molar-refractivity contribution in [2.45, 2.75) is 57.0 Å². The Balaban J connectivity index is 0.00000108. The molecule has 2 unspecified atom stereocenters. The molecule has 2 heterocycles. The van der Waals surface area contributed by atoms with Crippen LogP contribution in [-0.4, -0.2) is 12.1 Å². The van der Waals surface area contributed by atoms with E-state index in [1.165, 1.54) is 31.2 Å². The monoisotopic (exact) mass is 251 g/mol. The normalized spacial score (nSPS) is 31.0. The van der Waals surface area contributed by atoms with Crippen molar-refractivity contribution in [2.24, 2.45) is 0 Å². The van der Waals surface area contributed by atoms with Gasteiger partial charge in [-0.15, -0.1) is 12.4 Å². The molecule has 1 N–H and O–H groups in total. The van der Waals surface area contributed by atoms with E-state index < -0.39 is 0 Å². The first kappa shape index (κ1) is 12.9. The van der Waals surface area contributed by atoms with Crippen molar-refractivity contribution in [1.82, 2.24) is 5.32 Å². The SMILES string of the molecule is CCc1ccc(C2CC3CCC(C2)N3)cc1.Cl. The molecule has 2 fully saturated rings. The fraction of sp³-hybridized carbons (Fsp3) is 0.600. The van der Waals surface area contributed by atoms with Gasteiger partial charge in [-0.1, -0.05) is 31.2 Å². The maximum atomic E-state index is 3.71. The summed E-state index contributed by atoms with van der Waals surface area (Å²) in [5.74, 6) is 0.810. The van der Waals surface area contributed by atoms with E-state index in [1.54, 1.807) is 5.56 Å². The molecule has 1 aromatic rings. The van der Waals surface area contributed by atoms with Crippen molar-refractivity contribution in [3.63, 3.8) is 0 Å². The Morgan fingerprint density at radius 2 is 1.65 bits per heavy atom. The molecular formula is C15H22ClN. The molecule has 2 atom stereocenters. The molecule has 2 heteroatoms. The second kappa shape index (κ2) is 5.41. The highest BCUT2D eigenvalue weighted by Gasteiger charge is 2.33. The van der Waals surface area contributed by atoms with Gasteiger partial charge in [0.2, 0.25) is 0 Å². The summed E-state index contributed by atoms with van der Waals surface area (Å²) in [6.45, 7) is 2.22. The smallest absolute Gasteiger partial charge is 0.00760 e. The standard InChI is InChI=1S/C15H21N.ClH/c1-2-11-3-5-12(6-4-11)13-9-14-7-8-15(10-13)16-14;/h3-6,13-16H,2,7-10H2,1H3;1H. The van der Waals surface area contributed by atoms with Crippen LogP contribution in [0.15, 0.2) is 24.3 Å². The highest BCUT2D eigenvalue weighted by atomic mass is 35.5. The van der Waals surface area contributed by atoms with Crippen molar-refractivity contribution < 1.29 is 0 Å². The van der Waals surface area contributed by atoms with Crippen LogP contribution < -0.4 is 5.32 Å². The fourth-order valence-electron chi connectivity index (χ4n) is 3.35. The van der Waals surface area contributed by atoms with E-state index in [1.807, 2.05) is 0 Å². The van der Waals surface area contributed by atoms with Crippen molar-refractivity contribution in [3.8, 4) is 0 Å². The first-order valence-corrected chi connectivity index (χ1v) is 6.70. The average Bonchev–Trinajstić information content (AvgIpc) is 2.68. The molecule has 2 aliphatic heterocycles. The van der Waals surface area contributed by atoms with Gasteiger partial charge >= 0.3 is 0 Å². The lowest BCUT2D eigenvalue weighted by Gasteiger charge is -2.29. The van der Waals surface area contributed by atoms with Crippen LogP contribution >= 0.6 is 12.4 Å². The predicted octanol–water partition coefficient (Wildman–Crippen LogP) is 3.67. The quantitative estimate of drug-likeness (QED) is 0.846. The summed E-state index contributed by atoms with van der Waals surface area (Å²) in [5, 5.41) is 3.71. The zero-order valence-corrected chi connectivity index (χ0v) is 11.3. The van der Waals surface area contributed by atoms with Crippen LogP contribution in [0.4, 0.5) is 0 Å². The molecule has 2 saturated heterocycles. The molecule has 17 heavy (non-hydrogen) atoms. The number of rotatable bonds is 2. The minimum atomic E-state index is 0. The first-order valence-electron chi connectivity index (χ1n) is 6.70. The van der Waals surface area contributed by atoms with Crippen LogP contribution in [0.1, 0.15) is 49.7 Å². The molecule has 0 aliphatic carbocycles. The largest absolute Gasteiger partial charge is 0.311 e. The molecule has 0 spiro atoms. The summed E-state index contributed by atoms with van der Waals surface area (Å²) >= 11 is 0. The summed E-state index contributed by atoms with van der Waals surface area (Å²) in [7, 11) is 0. The number of hydrogen-bond donors (Lipinski definition) is 1. The Morgan fingerprint density at radius 1 is 1.06 bits per heavy atom. The lowest BCUT2D eigenvalue weighted by atomic mass is 9.86. The zero-order valence-electron chi connectivity index (χ0n) is 10.5. The van der Waals surface area contributed by atoms with E-state index in [9.17, 15) is 0 Å². The second-order valence-electron chi connectivity index (χ2n) is 5.40. The minimum absolute atomic E-state index is 0. The van der Waals surface area contributed by atoms with Crippen molar-refractivity contribution in [1.29, 1.82) is 0 Å². The lowest BCUT2D eigenvalue weighted by Crippen LogP contribution is -2.37. The molecule has 0 radical (unpaired) electrons. The van der Waals surface area contributed by atoms with Crippen molar-refractivity contribution in [2.75, 3.05) is 0 Å². The summed E-state index contributed by atoms with van der Waals surface area (Å²) in [6, 6.07) is 10.9. The Hall–Kier alpha value is -0.530. The van der Waals surface area contributed by atoms with Gasteiger partial charge in [0.05, 0.1) is 0 Å². The summed E-state index contributed by atoms with van der Waals surface area (Å²) in [4.78, 5) is 0. The van der Waals surface area contributed by atoms with E-state index in [0.29, 0.717) is 0 Å². The van der Waals surface area contributed by atoms with Gasteiger partial charge in [0.25, 0.3) is 0 Å². The second-order valence-corrected chi connectivity index (χ2v) is 5.40. The number of piperidine rings is 1. The zero-order chi connectivity index (χ0) is 11.0. The average molecular weight is 252 g/mol. The van der Waals surface area contributed by atoms with Crippen LogP contribution in [0.3, 0.4) is 0 Å². The van der Waals surface area contributed by atoms with E-state index in [2.05, 4.69) is 36.5 Å². The van der Waals surface area contributed by atoms with E-state index in [-0.39, 0.29) is 12.4 Å². The van der Waals surface area contributed by atoms with Gasteiger partial charge in [-0.25, -0.2) is 0 Å². The highest BCUT2D eigenvalue weighted by Crippen LogP contribution is 2.37. The fourth-order valence-corrected chi connectivity index (χ4v) is 3.35. The molecule has 2 bridgehead atoms. The molecular weight excluding hydrogens is 230 g/mol. The van der Waals surface area contributed by atoms with Crippen LogP contribution in [0.5, 0.6) is 0 Å². The Labute approximate surface area is 110 Å². The van der Waals surface area contributed by atoms with Crippen LogP contribution in [-0.2, 0) is 6.42 Å². The van der Waals surface area contributed by atoms with Crippen LogP contribution in [0.2, 0.25) is 0 Å². The highest BCUT2D eigenvalue weighted by molar-refractivity contribution is 5.85. The number of nitrogens with one attached hydrogen (secondary N) is 1. The maximum Gasteiger partial charge on any atom is 0.00760 e. The Bertz CT molecular complexity index is 348. The van der Waals surface area contributed by atoms with Gasteiger partial charge in [-0.05, 0) is 49.1 Å². The van der Waals surface area contributed by atoms with Gasteiger partial charge < -0.3 is 5.32 Å². The number of aryl methyl sites for hydroxylation is 1. The Morgan fingerprint density at radius 3 is 2.18 bits per heavy atom. The van der Waals surface area contributed by atoms with Crippen molar-refractivity contribution >= 4 is 12.4 Å². The molecule has 94 valence electrons. The van der Waals surface area contributed by atoms with Gasteiger partial charge in [-0.2, -0.15) is 0 Å². The molecule has 0 aromatic heterocycles. The third-order valence-electron chi connectivity index (χ3n) is 4.33. The van der Waals surface area contributed by atoms with E-state index >= 15 is 0 Å². The number of benzene rings is 1. The summed E-state index contributed by atoms with van der Waals surface area (Å²) in [6.07, 6.45) is 6.64. The van der Waals surface area contributed by atoms with Crippen LogP contribution in [0.25, 0.3) is 0 Å². The predicted molar refractivity (Wildman–Crippen MR) is 75.0 cm³/mol. The topological polar surface area (TPSA) is 12.0 Å². The van der Waals surface area contributed by atoms with Gasteiger partial charge in [0.1, 0.15) is 0 Å². The van der Waals surface area contributed by atoms with Crippen LogP contribution in [0, 0.1) is 0 Å². The maximum absolute atomic E-state index is 3.71. The summed E-state index contributed by atoms with van der Waals surface area (Å²) < 4.78 is 0. The molecule has 0 amide bonds. The number of halogens is 1. The number of hydrogen-bond acceptors (Lipinski definition) is 1. The third kappa shape index (κ3) is 2.66. The molecule has 1 nitrogen and oxygen atoms in total. The van der Waals surface area contributed by atoms with Gasteiger partial charge in [0.15, 0.2) is 0 Å².